The summed E-state index contributed by atoms with van der Waals surface area (Å²) in [6.45, 7) is 8.31. The first-order valence-electron chi connectivity index (χ1n) is 8.86. The van der Waals surface area contributed by atoms with Crippen molar-refractivity contribution in [3.8, 4) is 0 Å². The number of fused-ring (bicyclic) bond motifs is 1. The third-order valence-electron chi connectivity index (χ3n) is 5.14. The largest absolute Gasteiger partial charge is 0.459 e. The number of piperidine rings is 1. The first-order valence-corrected chi connectivity index (χ1v) is 8.86. The van der Waals surface area contributed by atoms with Crippen molar-refractivity contribution in [3.63, 3.8) is 0 Å². The predicted octanol–water partition coefficient (Wildman–Crippen LogP) is 1.31. The van der Waals surface area contributed by atoms with Gasteiger partial charge in [0.2, 0.25) is 0 Å². The standard InChI is InChI=1S/C18H29N3O3/c1-14-5-10-24-17(14)18(22)21-6-4-15-12-20(8-7-19(2)3)9-11-23-16(15)13-21/h5,10,15-16H,4,6-9,11-13H2,1-3H3/t15-,16-/m0/s1. The molecule has 6 nitrogen and oxygen atoms in total. The fourth-order valence-electron chi connectivity index (χ4n) is 3.58. The maximum absolute atomic E-state index is 12.6. The minimum absolute atomic E-state index is 0.00624. The molecule has 0 bridgehead atoms. The average molecular weight is 335 g/mol. The van der Waals surface area contributed by atoms with Crippen molar-refractivity contribution in [2.24, 2.45) is 5.92 Å². The Balaban J connectivity index is 1.58. The van der Waals surface area contributed by atoms with Gasteiger partial charge >= 0.3 is 0 Å². The predicted molar refractivity (Wildman–Crippen MR) is 92.2 cm³/mol. The van der Waals surface area contributed by atoms with Crippen LogP contribution >= 0.6 is 0 Å². The number of aryl methyl sites for hydroxylation is 1. The fraction of sp³-hybridized carbons (Fsp3) is 0.722. The van der Waals surface area contributed by atoms with Crippen molar-refractivity contribution >= 4 is 5.91 Å². The van der Waals surface area contributed by atoms with Gasteiger partial charge in [-0.1, -0.05) is 0 Å². The van der Waals surface area contributed by atoms with E-state index in [9.17, 15) is 4.79 Å². The molecule has 2 saturated heterocycles. The number of furan rings is 1. The lowest BCUT2D eigenvalue weighted by Gasteiger charge is -2.37. The molecule has 2 aliphatic rings. The summed E-state index contributed by atoms with van der Waals surface area (Å²) in [6.07, 6.45) is 2.72. The van der Waals surface area contributed by atoms with Gasteiger partial charge in [-0.05, 0) is 33.5 Å². The Morgan fingerprint density at radius 3 is 2.88 bits per heavy atom. The normalized spacial score (nSPS) is 25.6. The van der Waals surface area contributed by atoms with E-state index in [4.69, 9.17) is 9.15 Å². The van der Waals surface area contributed by atoms with E-state index >= 15 is 0 Å². The second-order valence-electron chi connectivity index (χ2n) is 7.25. The number of likely N-dealkylation sites (tertiary alicyclic amines) is 1. The van der Waals surface area contributed by atoms with Crippen molar-refractivity contribution in [3.05, 3.63) is 23.7 Å². The van der Waals surface area contributed by atoms with Crippen LogP contribution in [0.25, 0.3) is 0 Å². The van der Waals surface area contributed by atoms with Crippen molar-refractivity contribution < 1.29 is 13.9 Å². The molecule has 0 spiro atoms. The zero-order chi connectivity index (χ0) is 17.1. The number of carbonyl (C=O) groups excluding carboxylic acids is 1. The zero-order valence-electron chi connectivity index (χ0n) is 15.0. The van der Waals surface area contributed by atoms with Crippen molar-refractivity contribution in [1.82, 2.24) is 14.7 Å². The third-order valence-corrected chi connectivity index (χ3v) is 5.14. The first-order chi connectivity index (χ1) is 11.5. The van der Waals surface area contributed by atoms with Crippen LogP contribution in [0, 0.1) is 12.8 Å². The Hall–Kier alpha value is -1.37. The summed E-state index contributed by atoms with van der Waals surface area (Å²) < 4.78 is 11.5. The van der Waals surface area contributed by atoms with E-state index in [0.717, 1.165) is 51.3 Å². The van der Waals surface area contributed by atoms with Gasteiger partial charge in [0.1, 0.15) is 0 Å². The Labute approximate surface area is 144 Å². The Bertz CT molecular complexity index is 557. The smallest absolute Gasteiger partial charge is 0.289 e. The third kappa shape index (κ3) is 3.99. The zero-order valence-corrected chi connectivity index (χ0v) is 15.0. The molecule has 0 saturated carbocycles. The highest BCUT2D eigenvalue weighted by atomic mass is 16.5. The molecule has 2 atom stereocenters. The van der Waals surface area contributed by atoms with Gasteiger partial charge in [0.15, 0.2) is 5.76 Å². The van der Waals surface area contributed by atoms with Gasteiger partial charge in [-0.15, -0.1) is 0 Å². The molecule has 0 radical (unpaired) electrons. The minimum Gasteiger partial charge on any atom is -0.459 e. The number of carbonyl (C=O) groups is 1. The van der Waals surface area contributed by atoms with Crippen LogP contribution in [0.15, 0.2) is 16.7 Å². The molecule has 134 valence electrons. The summed E-state index contributed by atoms with van der Waals surface area (Å²) in [6, 6.07) is 1.84. The van der Waals surface area contributed by atoms with Gasteiger partial charge in [-0.2, -0.15) is 0 Å². The van der Waals surface area contributed by atoms with Crippen LogP contribution in [0.2, 0.25) is 0 Å². The molecule has 3 heterocycles. The van der Waals surface area contributed by atoms with E-state index in [2.05, 4.69) is 23.9 Å². The van der Waals surface area contributed by atoms with Crippen molar-refractivity contribution in [1.29, 1.82) is 0 Å². The lowest BCUT2D eigenvalue weighted by atomic mass is 9.93. The highest BCUT2D eigenvalue weighted by Crippen LogP contribution is 2.25. The van der Waals surface area contributed by atoms with Crippen LogP contribution in [0.4, 0.5) is 0 Å². The molecular formula is C18H29N3O3. The molecule has 6 heteroatoms. The highest BCUT2D eigenvalue weighted by molar-refractivity contribution is 5.92. The molecule has 1 aromatic heterocycles. The summed E-state index contributed by atoms with van der Waals surface area (Å²) in [7, 11) is 4.22. The van der Waals surface area contributed by atoms with Crippen LogP contribution in [0.1, 0.15) is 22.5 Å². The topological polar surface area (TPSA) is 49.2 Å². The number of nitrogens with zero attached hydrogens (tertiary/aromatic N) is 3. The summed E-state index contributed by atoms with van der Waals surface area (Å²) in [4.78, 5) is 19.3. The van der Waals surface area contributed by atoms with Crippen LogP contribution in [-0.2, 0) is 4.74 Å². The number of hydrogen-bond acceptors (Lipinski definition) is 5. The first kappa shape index (κ1) is 17.5. The molecular weight excluding hydrogens is 306 g/mol. The fourth-order valence-corrected chi connectivity index (χ4v) is 3.58. The number of likely N-dealkylation sites (N-methyl/N-ethyl adjacent to an activating group) is 1. The van der Waals surface area contributed by atoms with E-state index in [-0.39, 0.29) is 12.0 Å². The van der Waals surface area contributed by atoms with Crippen LogP contribution in [-0.4, -0.2) is 86.7 Å². The maximum Gasteiger partial charge on any atom is 0.289 e. The second-order valence-corrected chi connectivity index (χ2v) is 7.25. The monoisotopic (exact) mass is 335 g/mol. The van der Waals surface area contributed by atoms with Gasteiger partial charge in [-0.3, -0.25) is 9.69 Å². The Morgan fingerprint density at radius 2 is 2.17 bits per heavy atom. The molecule has 3 rings (SSSR count). The van der Waals surface area contributed by atoms with E-state index < -0.39 is 0 Å². The van der Waals surface area contributed by atoms with Gasteiger partial charge in [-0.25, -0.2) is 0 Å². The summed E-state index contributed by atoms with van der Waals surface area (Å²) >= 11 is 0. The van der Waals surface area contributed by atoms with Crippen LogP contribution in [0.5, 0.6) is 0 Å². The molecule has 2 aliphatic heterocycles. The summed E-state index contributed by atoms with van der Waals surface area (Å²) in [5.41, 5.74) is 0.902. The van der Waals surface area contributed by atoms with Gasteiger partial charge in [0.25, 0.3) is 5.91 Å². The van der Waals surface area contributed by atoms with E-state index in [1.807, 2.05) is 17.9 Å². The van der Waals surface area contributed by atoms with Crippen molar-refractivity contribution in [2.45, 2.75) is 19.4 Å². The molecule has 1 aromatic rings. The molecule has 24 heavy (non-hydrogen) atoms. The second kappa shape index (κ2) is 7.68. The Kier molecular flexibility index (Phi) is 5.58. The number of hydrogen-bond donors (Lipinski definition) is 0. The summed E-state index contributed by atoms with van der Waals surface area (Å²) in [5.74, 6) is 0.972. The molecule has 0 aliphatic carbocycles. The van der Waals surface area contributed by atoms with Gasteiger partial charge < -0.3 is 19.0 Å². The van der Waals surface area contributed by atoms with E-state index in [0.29, 0.717) is 18.2 Å². The lowest BCUT2D eigenvalue weighted by molar-refractivity contribution is -0.0179. The number of rotatable bonds is 4. The maximum atomic E-state index is 12.6. The van der Waals surface area contributed by atoms with Crippen molar-refractivity contribution in [2.75, 3.05) is 60.0 Å². The van der Waals surface area contributed by atoms with Gasteiger partial charge in [0.05, 0.1) is 19.0 Å². The van der Waals surface area contributed by atoms with Crippen LogP contribution in [0.3, 0.4) is 0 Å². The SMILES string of the molecule is Cc1ccoc1C(=O)N1CC[C@H]2CN(CCN(C)C)CCO[C@H]2C1. The van der Waals surface area contributed by atoms with E-state index in [1.54, 1.807) is 6.26 Å². The molecule has 0 aromatic carbocycles. The molecule has 1 amide bonds. The quantitative estimate of drug-likeness (QED) is 0.830. The highest BCUT2D eigenvalue weighted by Gasteiger charge is 2.36. The van der Waals surface area contributed by atoms with Crippen LogP contribution < -0.4 is 0 Å². The Morgan fingerprint density at radius 1 is 1.33 bits per heavy atom. The van der Waals surface area contributed by atoms with E-state index in [1.165, 1.54) is 0 Å². The summed E-state index contributed by atoms with van der Waals surface area (Å²) in [5, 5.41) is 0. The molecule has 2 fully saturated rings. The molecule has 0 unspecified atom stereocenters. The average Bonchev–Trinajstić information content (AvgIpc) is 2.88. The number of amides is 1. The molecule has 0 N–H and O–H groups in total. The number of ether oxygens (including phenoxy) is 1. The lowest BCUT2D eigenvalue weighted by Crippen LogP contribution is -2.49. The minimum atomic E-state index is -0.00624. The van der Waals surface area contributed by atoms with Gasteiger partial charge in [0, 0.05) is 50.7 Å².